The number of phenols is 3. The van der Waals surface area contributed by atoms with Crippen molar-refractivity contribution in [2.75, 3.05) is 41.9 Å². The Kier molecular flexibility index (Phi) is 15.7. The van der Waals surface area contributed by atoms with Gasteiger partial charge in [0.15, 0.2) is 11.6 Å². The number of carbonyl (C=O) groups is 3. The van der Waals surface area contributed by atoms with E-state index in [1.807, 2.05) is 0 Å². The van der Waals surface area contributed by atoms with E-state index < -0.39 is 129 Å². The first-order valence-corrected chi connectivity index (χ1v) is 24.7. The van der Waals surface area contributed by atoms with Gasteiger partial charge < -0.3 is 69.3 Å². The maximum Gasteiger partial charge on any atom is 0.312 e. The lowest BCUT2D eigenvalue weighted by molar-refractivity contribution is -0.160. The summed E-state index contributed by atoms with van der Waals surface area (Å²) in [6, 6.07) is 0.0973. The molecule has 10 atom stereocenters. The van der Waals surface area contributed by atoms with E-state index >= 15 is 8.78 Å². The number of fused-ring (bicyclic) bond motifs is 15. The van der Waals surface area contributed by atoms with Crippen molar-refractivity contribution >= 4 is 62.2 Å². The summed E-state index contributed by atoms with van der Waals surface area (Å²) < 4.78 is 58.2. The van der Waals surface area contributed by atoms with Crippen molar-refractivity contribution < 1.29 is 72.8 Å². The van der Waals surface area contributed by atoms with Crippen LogP contribution in [0.15, 0.2) is 59.8 Å². The Balaban J connectivity index is 1.38. The van der Waals surface area contributed by atoms with Crippen LogP contribution in [-0.2, 0) is 30.3 Å². The third-order valence-electron chi connectivity index (χ3n) is 15.1. The van der Waals surface area contributed by atoms with Crippen LogP contribution in [0.5, 0.6) is 23.0 Å². The number of anilines is 3. The van der Waals surface area contributed by atoms with Gasteiger partial charge in [0, 0.05) is 99.6 Å². The van der Waals surface area contributed by atoms with E-state index in [-0.39, 0.29) is 81.9 Å². The van der Waals surface area contributed by atoms with Gasteiger partial charge in [0.25, 0.3) is 11.7 Å². The van der Waals surface area contributed by atoms with Gasteiger partial charge in [-0.2, -0.15) is 0 Å². The lowest BCUT2D eigenvalue weighted by atomic mass is 9.78. The molecule has 0 spiro atoms. The number of Topliss-reactive ketones (excluding diaryl/α,β-unsaturated/α-hetero) is 1. The number of rotatable bonds is 6. The Morgan fingerprint density at radius 2 is 1.63 bits per heavy atom. The van der Waals surface area contributed by atoms with Gasteiger partial charge in [0.2, 0.25) is 5.43 Å². The summed E-state index contributed by atoms with van der Waals surface area (Å²) in [5.41, 5.74) is -2.56. The second-order valence-electron chi connectivity index (χ2n) is 20.1. The van der Waals surface area contributed by atoms with E-state index in [2.05, 4.69) is 11.9 Å². The largest absolute Gasteiger partial charge is 0.508 e. The predicted octanol–water partition coefficient (Wildman–Crippen LogP) is 7.61. The van der Waals surface area contributed by atoms with Crippen LogP contribution in [0.25, 0.3) is 27.4 Å². The highest BCUT2D eigenvalue weighted by molar-refractivity contribution is 6.23. The van der Waals surface area contributed by atoms with Crippen molar-refractivity contribution in [1.82, 2.24) is 4.57 Å². The zero-order valence-electron chi connectivity index (χ0n) is 43.8. The second kappa shape index (κ2) is 21.2. The minimum atomic E-state index is -2.17. The predicted molar refractivity (Wildman–Crippen MR) is 278 cm³/mol. The Hall–Kier alpha value is -7.16. The minimum absolute atomic E-state index is 0.0354. The third-order valence-corrected chi connectivity index (χ3v) is 15.1. The molecular weight excluding hydrogens is 979 g/mol. The highest BCUT2D eigenvalue weighted by atomic mass is 19.1. The van der Waals surface area contributed by atoms with Crippen LogP contribution in [0, 0.1) is 42.2 Å². The maximum atomic E-state index is 16.8. The number of aromatic nitrogens is 1. The second-order valence-corrected chi connectivity index (χ2v) is 20.1. The average molecular weight is 1050 g/mol. The smallest absolute Gasteiger partial charge is 0.312 e. The van der Waals surface area contributed by atoms with Crippen molar-refractivity contribution in [2.45, 2.75) is 112 Å². The standard InChI is InChI=1S/C55H66F2N4O14/c1-13-59-23-34(31(9)62)48(67)33-21-35(56)43(40(57)42(33)59)60-18-19-61(26(4)22-60)44-41-49(68)38-37(50(44)69)39-52(30(8)47(38)66)75-55(11,53(39)70)73-20-17-36(72-12)27(5)51(74-32(10)63)29(7)46(65)28(6)45(64)24(2)15-14-16-25(3)54(71)58-41/h14-17,20-21,23-24,26-29,36,45-46,51,62,64-66,68-69H,9,13,18-19,22H2,1-8,10-12H3,(H,58,71)/b15-14+,20-17+,25-16-/t24-,26?,27+,28+,29+,36-,45-,46+,51+,55-/m0/s1. The summed E-state index contributed by atoms with van der Waals surface area (Å²) in [7, 11) is 1.40. The lowest BCUT2D eigenvalue weighted by Gasteiger charge is -2.43. The van der Waals surface area contributed by atoms with Crippen molar-refractivity contribution in [3.05, 3.63) is 93.5 Å². The SMILES string of the molecule is C=C(O)c1cn(CC)c2c(F)c(N3CCN(c4c5c(O)c6c(O)c(C)c7c(c6c4O)C(=O)[C@@](C)(O/C=C/[C@H](OC)[C@@H](C)[C@@H](OC(C)=O)[C@H](C)[C@H](O)[C@H](C)[C@@H](O)[C@@H](C)/C=C/C=C(/C)C(=O)N5)O7)C(C)C3)c(F)cc2c1=O. The van der Waals surface area contributed by atoms with E-state index in [0.717, 1.165) is 12.3 Å². The van der Waals surface area contributed by atoms with Gasteiger partial charge >= 0.3 is 11.8 Å². The van der Waals surface area contributed by atoms with E-state index in [1.54, 1.807) is 52.5 Å². The number of nitrogens with one attached hydrogen (secondary N) is 1. The number of nitrogens with zero attached hydrogens (tertiary/aromatic N) is 3. The van der Waals surface area contributed by atoms with Gasteiger partial charge in [-0.25, -0.2) is 8.78 Å². The van der Waals surface area contributed by atoms with E-state index in [1.165, 1.54) is 68.7 Å². The Bertz CT molecular complexity index is 3150. The molecule has 3 aromatic carbocycles. The van der Waals surface area contributed by atoms with Crippen LogP contribution in [-0.4, -0.2) is 116 Å². The number of hydrogen-bond donors (Lipinski definition) is 7. The number of ether oxygens (including phenoxy) is 4. The van der Waals surface area contributed by atoms with Gasteiger partial charge in [-0.1, -0.05) is 52.5 Å². The van der Waals surface area contributed by atoms with Crippen molar-refractivity contribution in [3.63, 3.8) is 0 Å². The zero-order valence-corrected chi connectivity index (χ0v) is 43.8. The lowest BCUT2D eigenvalue weighted by Crippen LogP contribution is -2.53. The molecule has 1 aromatic heterocycles. The normalized spacial score (nSPS) is 28.4. The summed E-state index contributed by atoms with van der Waals surface area (Å²) in [5, 5.41) is 71.7. The van der Waals surface area contributed by atoms with Crippen molar-refractivity contribution in [2.24, 2.45) is 23.7 Å². The summed E-state index contributed by atoms with van der Waals surface area (Å²) in [5.74, 6) is -12.1. The monoisotopic (exact) mass is 1040 g/mol. The number of aliphatic hydroxyl groups excluding tert-OH is 3. The van der Waals surface area contributed by atoms with Gasteiger partial charge in [-0.15, -0.1) is 0 Å². The average Bonchev–Trinajstić information content (AvgIpc) is 3.63. The van der Waals surface area contributed by atoms with Crippen molar-refractivity contribution in [3.8, 4) is 23.0 Å². The summed E-state index contributed by atoms with van der Waals surface area (Å²) >= 11 is 0. The van der Waals surface area contributed by atoms with Crippen LogP contribution < -0.4 is 25.3 Å². The molecule has 404 valence electrons. The number of amides is 1. The summed E-state index contributed by atoms with van der Waals surface area (Å²) in [6.45, 7) is 18.7. The number of halogens is 2. The number of methoxy groups -OCH3 is 1. The highest BCUT2D eigenvalue weighted by Crippen LogP contribution is 2.58. The molecule has 1 unspecified atom stereocenters. The number of aliphatic hydroxyl groups is 3. The van der Waals surface area contributed by atoms with E-state index in [9.17, 15) is 49.8 Å². The summed E-state index contributed by atoms with van der Waals surface area (Å²) in [4.78, 5) is 57.8. The molecule has 7 N–H and O–H groups in total. The van der Waals surface area contributed by atoms with Gasteiger partial charge in [0.05, 0.1) is 52.0 Å². The number of phenolic OH excluding ortho intramolecular Hbond substituents is 3. The van der Waals surface area contributed by atoms with Crippen LogP contribution >= 0.6 is 0 Å². The number of aryl methyl sites for hydroxylation is 1. The van der Waals surface area contributed by atoms with Crippen LogP contribution in [0.1, 0.15) is 83.8 Å². The minimum Gasteiger partial charge on any atom is -0.508 e. The van der Waals surface area contributed by atoms with Crippen LogP contribution in [0.3, 0.4) is 0 Å². The quantitative estimate of drug-likeness (QED) is 0.0425. The first-order valence-electron chi connectivity index (χ1n) is 24.7. The Morgan fingerprint density at radius 1 is 0.947 bits per heavy atom. The van der Waals surface area contributed by atoms with Gasteiger partial charge in [-0.05, 0) is 39.8 Å². The highest BCUT2D eigenvalue weighted by Gasteiger charge is 2.50. The molecule has 5 heterocycles. The number of pyridine rings is 1. The molecule has 0 aliphatic carbocycles. The third kappa shape index (κ3) is 9.74. The van der Waals surface area contributed by atoms with Gasteiger partial charge in [-0.3, -0.25) is 19.2 Å². The molecule has 75 heavy (non-hydrogen) atoms. The molecule has 18 nitrogen and oxygen atoms in total. The van der Waals surface area contributed by atoms with Gasteiger partial charge in [0.1, 0.15) is 52.0 Å². The first-order chi connectivity index (χ1) is 35.2. The Labute approximate surface area is 432 Å². The van der Waals surface area contributed by atoms with Crippen LogP contribution in [0.2, 0.25) is 0 Å². The molecule has 1 fully saturated rings. The molecule has 1 amide bonds. The molecule has 4 aliphatic heterocycles. The number of esters is 1. The Morgan fingerprint density at radius 3 is 2.24 bits per heavy atom. The number of aromatic hydroxyl groups is 3. The number of ketones is 1. The number of piperazine rings is 1. The van der Waals surface area contributed by atoms with E-state index in [4.69, 9.17) is 18.9 Å². The fourth-order valence-electron chi connectivity index (χ4n) is 10.7. The van der Waals surface area contributed by atoms with Crippen molar-refractivity contribution in [1.29, 1.82) is 0 Å². The van der Waals surface area contributed by atoms with Crippen LogP contribution in [0.4, 0.5) is 25.8 Å². The molecule has 4 aliphatic rings. The number of hydrogen-bond acceptors (Lipinski definition) is 16. The number of allylic oxidation sites excluding steroid dienone is 2. The molecule has 4 aromatic rings. The molecule has 0 radical (unpaired) electrons. The zero-order chi connectivity index (χ0) is 55.4. The molecular formula is C55H66F2N4O14. The first kappa shape index (κ1) is 55.6. The maximum absolute atomic E-state index is 16.8. The molecule has 1 saturated heterocycles. The summed E-state index contributed by atoms with van der Waals surface area (Å²) in [6.07, 6.45) is 4.27. The molecule has 8 rings (SSSR count). The fraction of sp³-hybridized carbons (Fsp3) is 0.455. The molecule has 5 bridgehead atoms. The number of carbonyl (C=O) groups excluding carboxylic acids is 3. The number of benzene rings is 3. The molecule has 0 saturated carbocycles. The van der Waals surface area contributed by atoms with E-state index in [0.29, 0.717) is 0 Å². The topological polar surface area (TPSA) is 250 Å². The molecule has 20 heteroatoms. The fourth-order valence-corrected chi connectivity index (χ4v) is 10.7.